The Morgan fingerprint density at radius 2 is 2.28 bits per heavy atom. The Morgan fingerprint density at radius 1 is 1.50 bits per heavy atom. The molecule has 18 heavy (non-hydrogen) atoms. The molecular formula is C16H21NO. The van der Waals surface area contributed by atoms with Gasteiger partial charge in [-0.05, 0) is 31.0 Å². The second-order valence-corrected chi connectivity index (χ2v) is 4.77. The van der Waals surface area contributed by atoms with E-state index in [4.69, 9.17) is 4.74 Å². The zero-order valence-electron chi connectivity index (χ0n) is 11.2. The summed E-state index contributed by atoms with van der Waals surface area (Å²) >= 11 is 0. The molecule has 2 heteroatoms. The van der Waals surface area contributed by atoms with Crippen molar-refractivity contribution in [1.29, 1.82) is 0 Å². The van der Waals surface area contributed by atoms with Crippen LogP contribution in [0.25, 0.3) is 11.6 Å². The van der Waals surface area contributed by atoms with Crippen molar-refractivity contribution in [3.63, 3.8) is 0 Å². The number of hydrogen-bond acceptors (Lipinski definition) is 2. The van der Waals surface area contributed by atoms with Crippen LogP contribution >= 0.6 is 0 Å². The fourth-order valence-corrected chi connectivity index (χ4v) is 1.92. The van der Waals surface area contributed by atoms with Crippen LogP contribution in [0.1, 0.15) is 25.0 Å². The van der Waals surface area contributed by atoms with Crippen molar-refractivity contribution in [2.24, 2.45) is 5.92 Å². The highest BCUT2D eigenvalue weighted by atomic mass is 16.5. The van der Waals surface area contributed by atoms with Gasteiger partial charge in [-0.1, -0.05) is 36.4 Å². The Morgan fingerprint density at radius 3 is 2.83 bits per heavy atom. The number of rotatable bonds is 5. The quantitative estimate of drug-likeness (QED) is 0.849. The lowest BCUT2D eigenvalue weighted by atomic mass is 10.0. The molecule has 2 rings (SSSR count). The molecule has 0 aliphatic carbocycles. The first-order chi connectivity index (χ1) is 8.70. The van der Waals surface area contributed by atoms with Gasteiger partial charge in [0.2, 0.25) is 0 Å². The summed E-state index contributed by atoms with van der Waals surface area (Å²) < 4.78 is 5.17. The molecule has 1 aromatic rings. The van der Waals surface area contributed by atoms with Crippen LogP contribution in [0.3, 0.4) is 0 Å². The minimum absolute atomic E-state index is 0.584. The van der Waals surface area contributed by atoms with E-state index in [0.717, 1.165) is 25.3 Å². The molecule has 1 saturated heterocycles. The molecule has 0 amide bonds. The van der Waals surface area contributed by atoms with Crippen molar-refractivity contribution in [2.75, 3.05) is 25.1 Å². The third kappa shape index (κ3) is 3.02. The number of anilines is 1. The van der Waals surface area contributed by atoms with Gasteiger partial charge in [0.25, 0.3) is 0 Å². The molecule has 0 saturated carbocycles. The number of allylic oxidation sites excluding steroid dienone is 1. The summed E-state index contributed by atoms with van der Waals surface area (Å²) in [5, 5.41) is 3.41. The zero-order chi connectivity index (χ0) is 13.0. The van der Waals surface area contributed by atoms with Crippen molar-refractivity contribution >= 4 is 17.3 Å². The van der Waals surface area contributed by atoms with Crippen LogP contribution in [-0.2, 0) is 4.74 Å². The maximum Gasteiger partial charge on any atom is 0.0551 e. The van der Waals surface area contributed by atoms with Crippen LogP contribution in [0.5, 0.6) is 0 Å². The van der Waals surface area contributed by atoms with Crippen molar-refractivity contribution < 1.29 is 4.74 Å². The summed E-state index contributed by atoms with van der Waals surface area (Å²) in [6.45, 7) is 10.8. The van der Waals surface area contributed by atoms with Crippen LogP contribution in [0.15, 0.2) is 30.9 Å². The minimum Gasteiger partial charge on any atom is -0.385 e. The van der Waals surface area contributed by atoms with E-state index in [1.54, 1.807) is 0 Å². The van der Waals surface area contributed by atoms with E-state index in [1.807, 2.05) is 6.92 Å². The highest BCUT2D eigenvalue weighted by molar-refractivity contribution is 5.73. The summed E-state index contributed by atoms with van der Waals surface area (Å²) in [6.07, 6.45) is 4.42. The molecule has 1 N–H and O–H groups in total. The first kappa shape index (κ1) is 12.9. The first-order valence-corrected chi connectivity index (χ1v) is 6.50. The fourth-order valence-electron chi connectivity index (χ4n) is 1.92. The molecule has 1 aliphatic heterocycles. The number of nitrogens with one attached hydrogen (secondary N) is 1. The summed E-state index contributed by atoms with van der Waals surface area (Å²) in [5.74, 6) is 0.584. The lowest BCUT2D eigenvalue weighted by molar-refractivity contribution is -0.00730. The largest absolute Gasteiger partial charge is 0.385 e. The van der Waals surface area contributed by atoms with Gasteiger partial charge in [-0.15, -0.1) is 0 Å². The van der Waals surface area contributed by atoms with E-state index in [9.17, 15) is 0 Å². The summed E-state index contributed by atoms with van der Waals surface area (Å²) in [7, 11) is 0. The van der Waals surface area contributed by atoms with Gasteiger partial charge in [-0.3, -0.25) is 0 Å². The van der Waals surface area contributed by atoms with Crippen LogP contribution in [0.4, 0.5) is 5.69 Å². The highest BCUT2D eigenvalue weighted by Gasteiger charge is 2.14. The molecule has 1 fully saturated rings. The maximum atomic E-state index is 5.17. The molecule has 2 nitrogen and oxygen atoms in total. The highest BCUT2D eigenvalue weighted by Crippen LogP contribution is 2.24. The second-order valence-electron chi connectivity index (χ2n) is 4.77. The van der Waals surface area contributed by atoms with Gasteiger partial charge in [-0.2, -0.15) is 0 Å². The van der Waals surface area contributed by atoms with Crippen LogP contribution < -0.4 is 5.32 Å². The Kier molecular flexibility index (Phi) is 4.21. The maximum absolute atomic E-state index is 5.17. The van der Waals surface area contributed by atoms with Gasteiger partial charge in [0, 0.05) is 18.2 Å². The van der Waals surface area contributed by atoms with Gasteiger partial charge < -0.3 is 10.1 Å². The SMILES string of the molecule is C=C(C)c1ccc(/C=C/C2COC2)c(NCC)c1. The predicted octanol–water partition coefficient (Wildman–Crippen LogP) is 3.81. The average Bonchev–Trinajstić information content (AvgIpc) is 2.29. The summed E-state index contributed by atoms with van der Waals surface area (Å²) in [6, 6.07) is 6.45. The topological polar surface area (TPSA) is 21.3 Å². The Balaban J connectivity index is 2.21. The molecule has 1 heterocycles. The monoisotopic (exact) mass is 243 g/mol. The zero-order valence-corrected chi connectivity index (χ0v) is 11.2. The van der Waals surface area contributed by atoms with Crippen LogP contribution in [-0.4, -0.2) is 19.8 Å². The Bertz CT molecular complexity index is 458. The van der Waals surface area contributed by atoms with Crippen molar-refractivity contribution in [2.45, 2.75) is 13.8 Å². The molecule has 1 aromatic carbocycles. The van der Waals surface area contributed by atoms with Crippen molar-refractivity contribution in [1.82, 2.24) is 0 Å². The van der Waals surface area contributed by atoms with Crippen LogP contribution in [0.2, 0.25) is 0 Å². The van der Waals surface area contributed by atoms with E-state index in [1.165, 1.54) is 16.8 Å². The van der Waals surface area contributed by atoms with Gasteiger partial charge in [0.05, 0.1) is 13.2 Å². The van der Waals surface area contributed by atoms with Crippen molar-refractivity contribution in [3.05, 3.63) is 42.0 Å². The van der Waals surface area contributed by atoms with Gasteiger partial charge in [0.1, 0.15) is 0 Å². The van der Waals surface area contributed by atoms with Gasteiger partial charge >= 0.3 is 0 Å². The molecule has 0 radical (unpaired) electrons. The number of hydrogen-bond donors (Lipinski definition) is 1. The fraction of sp³-hybridized carbons (Fsp3) is 0.375. The predicted molar refractivity (Wildman–Crippen MR) is 78.7 cm³/mol. The Labute approximate surface area is 109 Å². The second kappa shape index (κ2) is 5.87. The molecule has 1 aliphatic rings. The molecule has 0 aromatic heterocycles. The molecule has 0 unspecified atom stereocenters. The van der Waals surface area contributed by atoms with E-state index in [2.05, 4.69) is 49.2 Å². The molecule has 0 atom stereocenters. The van der Waals surface area contributed by atoms with E-state index >= 15 is 0 Å². The molecule has 96 valence electrons. The normalized spacial score (nSPS) is 15.7. The van der Waals surface area contributed by atoms with Crippen molar-refractivity contribution in [3.8, 4) is 0 Å². The minimum atomic E-state index is 0.584. The van der Waals surface area contributed by atoms with E-state index < -0.39 is 0 Å². The summed E-state index contributed by atoms with van der Waals surface area (Å²) in [4.78, 5) is 0. The molecule has 0 bridgehead atoms. The van der Waals surface area contributed by atoms with Crippen LogP contribution in [0, 0.1) is 5.92 Å². The van der Waals surface area contributed by atoms with Gasteiger partial charge in [0.15, 0.2) is 0 Å². The molecular weight excluding hydrogens is 222 g/mol. The smallest absolute Gasteiger partial charge is 0.0551 e. The number of benzene rings is 1. The lowest BCUT2D eigenvalue weighted by Gasteiger charge is -2.22. The standard InChI is InChI=1S/C16H21NO/c1-4-17-16-9-15(12(2)3)8-7-14(16)6-5-13-10-18-11-13/h5-9,13,17H,2,4,10-11H2,1,3H3/b6-5+. The number of ether oxygens (including phenoxy) is 1. The van der Waals surface area contributed by atoms with E-state index in [0.29, 0.717) is 5.92 Å². The van der Waals surface area contributed by atoms with Gasteiger partial charge in [-0.25, -0.2) is 0 Å². The lowest BCUT2D eigenvalue weighted by Crippen LogP contribution is -2.25. The summed E-state index contributed by atoms with van der Waals surface area (Å²) in [5.41, 5.74) is 4.69. The third-order valence-electron chi connectivity index (χ3n) is 3.13. The Hall–Kier alpha value is -1.54. The molecule has 0 spiro atoms. The third-order valence-corrected chi connectivity index (χ3v) is 3.13. The average molecular weight is 243 g/mol. The first-order valence-electron chi connectivity index (χ1n) is 6.50. The van der Waals surface area contributed by atoms with E-state index in [-0.39, 0.29) is 0 Å².